The lowest BCUT2D eigenvalue weighted by molar-refractivity contribution is -0.146. The number of esters is 1. The second-order valence-corrected chi connectivity index (χ2v) is 6.26. The highest BCUT2D eigenvalue weighted by atomic mass is 16.5. The zero-order valence-corrected chi connectivity index (χ0v) is 15.6. The van der Waals surface area contributed by atoms with E-state index >= 15 is 0 Å². The van der Waals surface area contributed by atoms with Gasteiger partial charge in [0.15, 0.2) is 0 Å². The third kappa shape index (κ3) is 4.82. The van der Waals surface area contributed by atoms with Crippen LogP contribution in [0.5, 0.6) is 0 Å². The normalized spacial score (nSPS) is 17.5. The molecule has 2 amide bonds. The Hall–Kier alpha value is -2.41. The Kier molecular flexibility index (Phi) is 7.15. The summed E-state index contributed by atoms with van der Waals surface area (Å²) in [6, 6.07) is 5.31. The molecule has 1 aliphatic heterocycles. The predicted molar refractivity (Wildman–Crippen MR) is 98.8 cm³/mol. The van der Waals surface area contributed by atoms with Gasteiger partial charge in [0, 0.05) is 18.8 Å². The van der Waals surface area contributed by atoms with Crippen LogP contribution in [-0.2, 0) is 32.0 Å². The van der Waals surface area contributed by atoms with Crippen LogP contribution in [0, 0.1) is 0 Å². The van der Waals surface area contributed by atoms with E-state index in [9.17, 15) is 14.4 Å². The number of piperazine rings is 1. The molecular formula is C19H27N3O4. The van der Waals surface area contributed by atoms with E-state index < -0.39 is 12.0 Å². The largest absolute Gasteiger partial charge is 0.469 e. The number of methoxy groups -OCH3 is 1. The number of nitrogens with one attached hydrogen (secondary N) is 2. The summed E-state index contributed by atoms with van der Waals surface area (Å²) in [5.41, 5.74) is 3.02. The molecule has 7 nitrogen and oxygen atoms in total. The van der Waals surface area contributed by atoms with Gasteiger partial charge in [-0.05, 0) is 24.0 Å². The molecule has 1 fully saturated rings. The van der Waals surface area contributed by atoms with Gasteiger partial charge in [0.2, 0.25) is 11.8 Å². The van der Waals surface area contributed by atoms with Gasteiger partial charge in [-0.2, -0.15) is 0 Å². The Bertz CT molecular complexity index is 652. The first kappa shape index (κ1) is 19.9. The van der Waals surface area contributed by atoms with Crippen molar-refractivity contribution in [1.29, 1.82) is 0 Å². The summed E-state index contributed by atoms with van der Waals surface area (Å²) >= 11 is 0. The SMILES string of the molecule is CCc1cccc(CC)c1NC(=O)CN1CCNC(=O)[C@@H]1CC(=O)OC. The lowest BCUT2D eigenvalue weighted by Crippen LogP contribution is -2.57. The summed E-state index contributed by atoms with van der Waals surface area (Å²) in [4.78, 5) is 38.0. The van der Waals surface area contributed by atoms with E-state index in [2.05, 4.69) is 15.4 Å². The third-order valence-corrected chi connectivity index (χ3v) is 4.64. The van der Waals surface area contributed by atoms with Crippen molar-refractivity contribution in [3.63, 3.8) is 0 Å². The molecule has 1 aromatic rings. The van der Waals surface area contributed by atoms with Crippen molar-refractivity contribution in [3.05, 3.63) is 29.3 Å². The molecule has 0 aliphatic carbocycles. The van der Waals surface area contributed by atoms with E-state index in [1.54, 1.807) is 4.90 Å². The van der Waals surface area contributed by atoms with Crippen LogP contribution in [-0.4, -0.2) is 55.5 Å². The third-order valence-electron chi connectivity index (χ3n) is 4.64. The topological polar surface area (TPSA) is 87.7 Å². The zero-order valence-electron chi connectivity index (χ0n) is 15.6. The standard InChI is InChI=1S/C19H27N3O4/c1-4-13-7-6-8-14(5-2)18(13)21-16(23)12-22-10-9-20-19(25)15(22)11-17(24)26-3/h6-8,15H,4-5,9-12H2,1-3H3,(H,20,25)(H,21,23)/t15-/m0/s1. The van der Waals surface area contributed by atoms with Crippen molar-refractivity contribution in [2.75, 3.05) is 32.1 Å². The number of benzene rings is 1. The van der Waals surface area contributed by atoms with Crippen LogP contribution >= 0.6 is 0 Å². The molecule has 0 spiro atoms. The highest BCUT2D eigenvalue weighted by Gasteiger charge is 2.33. The van der Waals surface area contributed by atoms with Crippen LogP contribution < -0.4 is 10.6 Å². The number of anilines is 1. The molecule has 1 aromatic carbocycles. The number of carbonyl (C=O) groups excluding carboxylic acids is 3. The molecule has 26 heavy (non-hydrogen) atoms. The summed E-state index contributed by atoms with van der Waals surface area (Å²) in [6.07, 6.45) is 1.57. The molecule has 7 heteroatoms. The van der Waals surface area contributed by atoms with Crippen LogP contribution in [0.2, 0.25) is 0 Å². The molecule has 0 aromatic heterocycles. The van der Waals surface area contributed by atoms with Crippen molar-refractivity contribution in [1.82, 2.24) is 10.2 Å². The maximum atomic E-state index is 12.6. The number of aryl methyl sites for hydroxylation is 2. The van der Waals surface area contributed by atoms with Crippen molar-refractivity contribution in [2.45, 2.75) is 39.2 Å². The van der Waals surface area contributed by atoms with Crippen molar-refractivity contribution >= 4 is 23.5 Å². The first-order valence-corrected chi connectivity index (χ1v) is 8.99. The lowest BCUT2D eigenvalue weighted by atomic mass is 10.0. The van der Waals surface area contributed by atoms with Gasteiger partial charge in [-0.1, -0.05) is 32.0 Å². The fourth-order valence-corrected chi connectivity index (χ4v) is 3.18. The molecule has 0 unspecified atom stereocenters. The Balaban J connectivity index is 2.10. The summed E-state index contributed by atoms with van der Waals surface area (Å²) in [5.74, 6) is -0.912. The van der Waals surface area contributed by atoms with Crippen molar-refractivity contribution in [2.24, 2.45) is 0 Å². The van der Waals surface area contributed by atoms with Crippen LogP contribution in [0.3, 0.4) is 0 Å². The fraction of sp³-hybridized carbons (Fsp3) is 0.526. The lowest BCUT2D eigenvalue weighted by Gasteiger charge is -2.33. The Morgan fingerprint density at radius 2 is 1.92 bits per heavy atom. The average Bonchev–Trinajstić information content (AvgIpc) is 2.64. The van der Waals surface area contributed by atoms with Crippen molar-refractivity contribution in [3.8, 4) is 0 Å². The molecule has 1 aliphatic rings. The first-order valence-electron chi connectivity index (χ1n) is 8.99. The molecule has 1 saturated heterocycles. The number of nitrogens with zero attached hydrogens (tertiary/aromatic N) is 1. The fourth-order valence-electron chi connectivity index (χ4n) is 3.18. The van der Waals surface area contributed by atoms with E-state index in [0.29, 0.717) is 13.1 Å². The van der Waals surface area contributed by atoms with Crippen molar-refractivity contribution < 1.29 is 19.1 Å². The first-order chi connectivity index (χ1) is 12.5. The summed E-state index contributed by atoms with van der Waals surface area (Å²) in [5, 5.41) is 5.73. The minimum absolute atomic E-state index is 0.0519. The van der Waals surface area contributed by atoms with Gasteiger partial charge in [-0.3, -0.25) is 19.3 Å². The van der Waals surface area contributed by atoms with E-state index in [4.69, 9.17) is 0 Å². The van der Waals surface area contributed by atoms with E-state index in [-0.39, 0.29) is 24.8 Å². The Labute approximate surface area is 154 Å². The van der Waals surface area contributed by atoms with Gasteiger partial charge in [0.25, 0.3) is 0 Å². The van der Waals surface area contributed by atoms with Gasteiger partial charge in [0.05, 0.1) is 20.1 Å². The van der Waals surface area contributed by atoms with Gasteiger partial charge in [-0.15, -0.1) is 0 Å². The van der Waals surface area contributed by atoms with Crippen LogP contribution in [0.15, 0.2) is 18.2 Å². The summed E-state index contributed by atoms with van der Waals surface area (Å²) in [7, 11) is 1.29. The molecule has 1 heterocycles. The van der Waals surface area contributed by atoms with Crippen LogP contribution in [0.1, 0.15) is 31.4 Å². The van der Waals surface area contributed by atoms with Gasteiger partial charge >= 0.3 is 5.97 Å². The second-order valence-electron chi connectivity index (χ2n) is 6.26. The number of rotatable bonds is 7. The van der Waals surface area contributed by atoms with E-state index in [0.717, 1.165) is 29.7 Å². The zero-order chi connectivity index (χ0) is 19.1. The summed E-state index contributed by atoms with van der Waals surface area (Å²) < 4.78 is 4.66. The minimum Gasteiger partial charge on any atom is -0.469 e. The van der Waals surface area contributed by atoms with Crippen LogP contribution in [0.25, 0.3) is 0 Å². The summed E-state index contributed by atoms with van der Waals surface area (Å²) in [6.45, 7) is 5.11. The van der Waals surface area contributed by atoms with E-state index in [1.807, 2.05) is 32.0 Å². The number of carbonyl (C=O) groups is 3. The number of ether oxygens (including phenoxy) is 1. The molecular weight excluding hydrogens is 334 g/mol. The smallest absolute Gasteiger partial charge is 0.307 e. The van der Waals surface area contributed by atoms with Crippen LogP contribution in [0.4, 0.5) is 5.69 Å². The quantitative estimate of drug-likeness (QED) is 0.711. The molecule has 142 valence electrons. The molecule has 0 radical (unpaired) electrons. The van der Waals surface area contributed by atoms with E-state index in [1.165, 1.54) is 7.11 Å². The highest BCUT2D eigenvalue weighted by Crippen LogP contribution is 2.22. The maximum absolute atomic E-state index is 12.6. The van der Waals surface area contributed by atoms with Gasteiger partial charge in [0.1, 0.15) is 6.04 Å². The number of hydrogen-bond acceptors (Lipinski definition) is 5. The maximum Gasteiger partial charge on any atom is 0.307 e. The second kappa shape index (κ2) is 9.33. The number of hydrogen-bond donors (Lipinski definition) is 2. The monoisotopic (exact) mass is 361 g/mol. The average molecular weight is 361 g/mol. The molecule has 0 saturated carbocycles. The number of amides is 2. The predicted octanol–water partition coefficient (Wildman–Crippen LogP) is 1.11. The molecule has 1 atom stereocenters. The minimum atomic E-state index is -0.686. The molecule has 0 bridgehead atoms. The van der Waals surface area contributed by atoms with Gasteiger partial charge in [-0.25, -0.2) is 0 Å². The molecule has 2 N–H and O–H groups in total. The highest BCUT2D eigenvalue weighted by molar-refractivity contribution is 5.95. The number of para-hydroxylation sites is 1. The Morgan fingerprint density at radius 1 is 1.27 bits per heavy atom. The Morgan fingerprint density at radius 3 is 2.50 bits per heavy atom. The molecule has 2 rings (SSSR count). The van der Waals surface area contributed by atoms with Gasteiger partial charge < -0.3 is 15.4 Å².